The highest BCUT2D eigenvalue weighted by Crippen LogP contribution is 2.23. The normalized spacial score (nSPS) is 18.8. The minimum absolute atomic E-state index is 0.126. The number of nitrogens with one attached hydrogen (secondary N) is 1. The van der Waals surface area contributed by atoms with E-state index in [2.05, 4.69) is 15.5 Å². The van der Waals surface area contributed by atoms with Gasteiger partial charge in [0.1, 0.15) is 4.90 Å². The van der Waals surface area contributed by atoms with Crippen LogP contribution in [0.5, 0.6) is 0 Å². The third-order valence-electron chi connectivity index (χ3n) is 4.64. The number of rotatable bonds is 5. The fourth-order valence-electron chi connectivity index (χ4n) is 3.20. The summed E-state index contributed by atoms with van der Waals surface area (Å²) in [5, 5.41) is 11.1. The Morgan fingerprint density at radius 2 is 2.08 bits per heavy atom. The first-order chi connectivity index (χ1) is 12.3. The van der Waals surface area contributed by atoms with Gasteiger partial charge in [0, 0.05) is 51.7 Å². The topological polar surface area (TPSA) is 102 Å². The maximum Gasteiger partial charge on any atom is 0.246 e. The van der Waals surface area contributed by atoms with Gasteiger partial charge in [-0.1, -0.05) is 0 Å². The van der Waals surface area contributed by atoms with Crippen LogP contribution in [0.2, 0.25) is 0 Å². The largest absolute Gasteiger partial charge is 0.352 e. The van der Waals surface area contributed by atoms with Gasteiger partial charge in [-0.25, -0.2) is 8.42 Å². The first-order valence-corrected chi connectivity index (χ1v) is 9.97. The van der Waals surface area contributed by atoms with E-state index in [0.717, 1.165) is 11.3 Å². The molecule has 10 heteroatoms. The molecule has 0 spiro atoms. The Bertz CT molecular complexity index is 901. The van der Waals surface area contributed by atoms with Gasteiger partial charge in [-0.2, -0.15) is 14.5 Å². The van der Waals surface area contributed by atoms with E-state index in [4.69, 9.17) is 0 Å². The van der Waals surface area contributed by atoms with Crippen molar-refractivity contribution in [1.82, 2.24) is 29.2 Å². The van der Waals surface area contributed by atoms with Gasteiger partial charge in [0.15, 0.2) is 0 Å². The van der Waals surface area contributed by atoms with E-state index in [9.17, 15) is 13.2 Å². The van der Waals surface area contributed by atoms with E-state index in [0.29, 0.717) is 25.9 Å². The number of nitrogens with zero attached hydrogens (tertiary/aromatic N) is 5. The molecule has 9 nitrogen and oxygen atoms in total. The molecule has 2 aromatic heterocycles. The van der Waals surface area contributed by atoms with Crippen LogP contribution in [0.25, 0.3) is 0 Å². The Kier molecular flexibility index (Phi) is 5.15. The molecule has 1 atom stereocenters. The molecular formula is C16H24N6O3S. The lowest BCUT2D eigenvalue weighted by atomic mass is 9.99. The first kappa shape index (κ1) is 18.6. The fraction of sp³-hybridized carbons (Fsp3) is 0.562. The summed E-state index contributed by atoms with van der Waals surface area (Å²) in [7, 11) is -0.115. The molecular weight excluding hydrogens is 356 g/mol. The highest BCUT2D eigenvalue weighted by atomic mass is 32.2. The summed E-state index contributed by atoms with van der Waals surface area (Å²) in [6, 6.07) is 0. The third-order valence-corrected chi connectivity index (χ3v) is 6.46. The quantitative estimate of drug-likeness (QED) is 0.797. The van der Waals surface area contributed by atoms with Crippen LogP contribution in [0.15, 0.2) is 23.5 Å². The molecule has 0 unspecified atom stereocenters. The number of aryl methyl sites for hydroxylation is 3. The predicted molar refractivity (Wildman–Crippen MR) is 94.5 cm³/mol. The molecule has 26 heavy (non-hydrogen) atoms. The number of amides is 1. The summed E-state index contributed by atoms with van der Waals surface area (Å²) >= 11 is 0. The van der Waals surface area contributed by atoms with Crippen LogP contribution in [0, 0.1) is 12.8 Å². The Labute approximate surface area is 153 Å². The molecule has 1 amide bonds. The van der Waals surface area contributed by atoms with E-state index < -0.39 is 10.0 Å². The van der Waals surface area contributed by atoms with Crippen LogP contribution < -0.4 is 5.32 Å². The van der Waals surface area contributed by atoms with Crippen LogP contribution in [0.4, 0.5) is 0 Å². The molecule has 0 saturated carbocycles. The lowest BCUT2D eigenvalue weighted by Crippen LogP contribution is -2.45. The van der Waals surface area contributed by atoms with Crippen molar-refractivity contribution in [2.45, 2.75) is 31.2 Å². The maximum absolute atomic E-state index is 12.7. The summed E-state index contributed by atoms with van der Waals surface area (Å²) in [4.78, 5) is 12.7. The third kappa shape index (κ3) is 3.80. The van der Waals surface area contributed by atoms with Crippen molar-refractivity contribution in [3.8, 4) is 0 Å². The predicted octanol–water partition coefficient (Wildman–Crippen LogP) is 0.179. The molecule has 3 rings (SSSR count). The van der Waals surface area contributed by atoms with Gasteiger partial charge in [0.05, 0.1) is 17.8 Å². The van der Waals surface area contributed by atoms with E-state index in [1.807, 2.05) is 20.2 Å². The highest BCUT2D eigenvalue weighted by Gasteiger charge is 2.33. The molecule has 1 aliphatic heterocycles. The second-order valence-electron chi connectivity index (χ2n) is 6.68. The smallest absolute Gasteiger partial charge is 0.246 e. The summed E-state index contributed by atoms with van der Waals surface area (Å²) in [6.07, 6.45) is 6.02. The summed E-state index contributed by atoms with van der Waals surface area (Å²) in [6.45, 7) is 2.90. The number of piperidine rings is 1. The van der Waals surface area contributed by atoms with Crippen LogP contribution in [-0.2, 0) is 35.5 Å². The zero-order valence-corrected chi connectivity index (χ0v) is 16.0. The standard InChI is InChI=1S/C16H24N6O3S/c1-12-14(9-21(3)19-12)7-17-16(23)13-5-4-6-22(10-13)26(24,25)15-8-18-20(2)11-15/h8-9,11,13H,4-7,10H2,1-3H3,(H,17,23)/t13-/m0/s1. The summed E-state index contributed by atoms with van der Waals surface area (Å²) in [5.74, 6) is -0.480. The van der Waals surface area contributed by atoms with Gasteiger partial charge < -0.3 is 5.32 Å². The van der Waals surface area contributed by atoms with Crippen molar-refractivity contribution >= 4 is 15.9 Å². The van der Waals surface area contributed by atoms with Gasteiger partial charge in [-0.3, -0.25) is 14.2 Å². The summed E-state index contributed by atoms with van der Waals surface area (Å²) < 4.78 is 30.0. The maximum atomic E-state index is 12.7. The number of carbonyl (C=O) groups is 1. The van der Waals surface area contributed by atoms with Gasteiger partial charge in [0.25, 0.3) is 0 Å². The van der Waals surface area contributed by atoms with E-state index >= 15 is 0 Å². The minimum Gasteiger partial charge on any atom is -0.352 e. The van der Waals surface area contributed by atoms with Crippen molar-refractivity contribution in [3.63, 3.8) is 0 Å². The van der Waals surface area contributed by atoms with Crippen molar-refractivity contribution in [3.05, 3.63) is 29.8 Å². The molecule has 1 saturated heterocycles. The lowest BCUT2D eigenvalue weighted by Gasteiger charge is -2.30. The van der Waals surface area contributed by atoms with Crippen molar-refractivity contribution in [1.29, 1.82) is 0 Å². The second kappa shape index (κ2) is 7.20. The molecule has 0 aromatic carbocycles. The minimum atomic E-state index is -3.62. The van der Waals surface area contributed by atoms with Gasteiger partial charge in [-0.05, 0) is 19.8 Å². The Morgan fingerprint density at radius 1 is 1.31 bits per heavy atom. The monoisotopic (exact) mass is 380 g/mol. The van der Waals surface area contributed by atoms with Gasteiger partial charge in [-0.15, -0.1) is 0 Å². The number of sulfonamides is 1. The average Bonchev–Trinajstić information content (AvgIpc) is 3.18. The van der Waals surface area contributed by atoms with Crippen LogP contribution in [0.3, 0.4) is 0 Å². The van der Waals surface area contributed by atoms with E-state index in [1.165, 1.54) is 21.4 Å². The Hall–Kier alpha value is -2.20. The molecule has 1 N–H and O–H groups in total. The van der Waals surface area contributed by atoms with Crippen LogP contribution in [0.1, 0.15) is 24.1 Å². The van der Waals surface area contributed by atoms with Gasteiger partial charge in [0.2, 0.25) is 15.9 Å². The van der Waals surface area contributed by atoms with Gasteiger partial charge >= 0.3 is 0 Å². The number of carbonyl (C=O) groups excluding carboxylic acids is 1. The molecule has 0 aliphatic carbocycles. The fourth-order valence-corrected chi connectivity index (χ4v) is 4.71. The van der Waals surface area contributed by atoms with Crippen LogP contribution in [-0.4, -0.2) is 51.3 Å². The van der Waals surface area contributed by atoms with Crippen molar-refractivity contribution < 1.29 is 13.2 Å². The van der Waals surface area contributed by atoms with Crippen molar-refractivity contribution in [2.75, 3.05) is 13.1 Å². The zero-order chi connectivity index (χ0) is 18.9. The molecule has 2 aromatic rings. The lowest BCUT2D eigenvalue weighted by molar-refractivity contribution is -0.126. The number of hydrogen-bond acceptors (Lipinski definition) is 5. The number of hydrogen-bond donors (Lipinski definition) is 1. The Morgan fingerprint density at radius 3 is 2.69 bits per heavy atom. The highest BCUT2D eigenvalue weighted by molar-refractivity contribution is 7.89. The molecule has 142 valence electrons. The number of aromatic nitrogens is 4. The van der Waals surface area contributed by atoms with Crippen LogP contribution >= 0.6 is 0 Å². The Balaban J connectivity index is 1.64. The van der Waals surface area contributed by atoms with E-state index in [-0.39, 0.29) is 23.3 Å². The molecule has 0 radical (unpaired) electrons. The SMILES string of the molecule is Cc1nn(C)cc1CNC(=O)[C@H]1CCCN(S(=O)(=O)c2cnn(C)c2)C1. The molecule has 1 fully saturated rings. The summed E-state index contributed by atoms with van der Waals surface area (Å²) in [5.41, 5.74) is 1.83. The zero-order valence-electron chi connectivity index (χ0n) is 15.2. The second-order valence-corrected chi connectivity index (χ2v) is 8.62. The van der Waals surface area contributed by atoms with E-state index in [1.54, 1.807) is 11.7 Å². The molecule has 1 aliphatic rings. The molecule has 3 heterocycles. The average molecular weight is 380 g/mol. The molecule has 0 bridgehead atoms. The first-order valence-electron chi connectivity index (χ1n) is 8.53. The van der Waals surface area contributed by atoms with Crippen molar-refractivity contribution in [2.24, 2.45) is 20.0 Å².